The Morgan fingerprint density at radius 2 is 1.86 bits per heavy atom. The Kier molecular flexibility index (Phi) is 8.17. The van der Waals surface area contributed by atoms with Crippen LogP contribution in [0.15, 0.2) is 30.3 Å². The van der Waals surface area contributed by atoms with Crippen LogP contribution in [0.25, 0.3) is 0 Å². The van der Waals surface area contributed by atoms with Gasteiger partial charge in [-0.2, -0.15) is 0 Å². The van der Waals surface area contributed by atoms with Crippen molar-refractivity contribution in [3.8, 4) is 0 Å². The number of ether oxygens (including phenoxy) is 1. The molecule has 4 nitrogen and oxygen atoms in total. The lowest BCUT2D eigenvalue weighted by atomic mass is 10.0. The molecule has 0 spiro atoms. The largest absolute Gasteiger partial charge is 0.469 e. The summed E-state index contributed by atoms with van der Waals surface area (Å²) < 4.78 is 4.82. The van der Waals surface area contributed by atoms with Crippen molar-refractivity contribution in [3.63, 3.8) is 0 Å². The summed E-state index contributed by atoms with van der Waals surface area (Å²) >= 11 is 0. The first-order valence-electron chi connectivity index (χ1n) is 7.60. The van der Waals surface area contributed by atoms with Gasteiger partial charge in [-0.05, 0) is 18.6 Å². The van der Waals surface area contributed by atoms with Gasteiger partial charge in [0.25, 0.3) is 5.91 Å². The Balaban J connectivity index is 2.45. The molecule has 1 atom stereocenters. The second-order valence-corrected chi connectivity index (χ2v) is 5.15. The minimum absolute atomic E-state index is 0.155. The molecule has 0 heterocycles. The summed E-state index contributed by atoms with van der Waals surface area (Å²) in [5.74, 6) is -0.669. The Morgan fingerprint density at radius 3 is 2.48 bits per heavy atom. The van der Waals surface area contributed by atoms with Crippen LogP contribution in [0.1, 0.15) is 49.4 Å². The molecule has 0 saturated heterocycles. The van der Waals surface area contributed by atoms with Crippen molar-refractivity contribution >= 4 is 11.9 Å². The molecule has 4 heteroatoms. The van der Waals surface area contributed by atoms with E-state index in [4.69, 9.17) is 4.74 Å². The monoisotopic (exact) mass is 291 g/mol. The molecule has 0 aliphatic carbocycles. The van der Waals surface area contributed by atoms with Gasteiger partial charge in [-0.3, -0.25) is 9.59 Å². The third-order valence-electron chi connectivity index (χ3n) is 3.49. The van der Waals surface area contributed by atoms with Gasteiger partial charge in [0, 0.05) is 12.1 Å². The van der Waals surface area contributed by atoms with Crippen LogP contribution in [-0.4, -0.2) is 25.5 Å². The van der Waals surface area contributed by atoms with Gasteiger partial charge in [0.1, 0.15) is 0 Å². The molecule has 1 aromatic rings. The van der Waals surface area contributed by atoms with Crippen LogP contribution in [0.3, 0.4) is 0 Å². The average molecular weight is 291 g/mol. The van der Waals surface area contributed by atoms with Crippen LogP contribution < -0.4 is 5.32 Å². The number of esters is 1. The fraction of sp³-hybridized carbons (Fsp3) is 0.529. The fourth-order valence-electron chi connectivity index (χ4n) is 2.19. The van der Waals surface area contributed by atoms with Crippen LogP contribution in [0, 0.1) is 5.92 Å². The number of amides is 1. The zero-order valence-corrected chi connectivity index (χ0v) is 12.9. The van der Waals surface area contributed by atoms with Crippen molar-refractivity contribution in [2.75, 3.05) is 13.7 Å². The zero-order valence-electron chi connectivity index (χ0n) is 12.9. The molecule has 21 heavy (non-hydrogen) atoms. The lowest BCUT2D eigenvalue weighted by molar-refractivity contribution is -0.145. The van der Waals surface area contributed by atoms with Crippen molar-refractivity contribution in [3.05, 3.63) is 35.9 Å². The van der Waals surface area contributed by atoms with E-state index in [1.165, 1.54) is 13.5 Å². The van der Waals surface area contributed by atoms with Crippen LogP contribution in [0.5, 0.6) is 0 Å². The Hall–Kier alpha value is -1.84. The van der Waals surface area contributed by atoms with E-state index in [0.717, 1.165) is 25.7 Å². The van der Waals surface area contributed by atoms with E-state index in [1.807, 2.05) is 18.2 Å². The molecule has 0 aromatic heterocycles. The lowest BCUT2D eigenvalue weighted by Crippen LogP contribution is -2.33. The highest BCUT2D eigenvalue weighted by Crippen LogP contribution is 2.12. The Morgan fingerprint density at radius 1 is 1.14 bits per heavy atom. The number of carbonyl (C=O) groups is 2. The van der Waals surface area contributed by atoms with Gasteiger partial charge in [-0.15, -0.1) is 0 Å². The predicted octanol–water partition coefficient (Wildman–Crippen LogP) is 3.18. The van der Waals surface area contributed by atoms with Gasteiger partial charge in [0.15, 0.2) is 0 Å². The normalized spacial score (nSPS) is 11.7. The number of methoxy groups -OCH3 is 1. The predicted molar refractivity (Wildman–Crippen MR) is 83.0 cm³/mol. The third kappa shape index (κ3) is 6.43. The summed E-state index contributed by atoms with van der Waals surface area (Å²) in [4.78, 5) is 23.7. The number of nitrogens with one attached hydrogen (secondary N) is 1. The van der Waals surface area contributed by atoms with Crippen LogP contribution in [0.4, 0.5) is 0 Å². The fourth-order valence-corrected chi connectivity index (χ4v) is 2.19. The SMILES string of the molecule is CCCCCC[C@H](CNC(=O)c1ccccc1)C(=O)OC. The van der Waals surface area contributed by atoms with E-state index in [1.54, 1.807) is 12.1 Å². The van der Waals surface area contributed by atoms with Gasteiger partial charge in [-0.1, -0.05) is 50.8 Å². The third-order valence-corrected chi connectivity index (χ3v) is 3.49. The van der Waals surface area contributed by atoms with Crippen molar-refractivity contribution < 1.29 is 14.3 Å². The molecular weight excluding hydrogens is 266 g/mol. The maximum absolute atomic E-state index is 12.0. The summed E-state index contributed by atoms with van der Waals surface area (Å²) in [5.41, 5.74) is 0.604. The summed E-state index contributed by atoms with van der Waals surface area (Å²) in [7, 11) is 1.39. The number of hydrogen-bond acceptors (Lipinski definition) is 3. The molecule has 0 saturated carbocycles. The molecule has 0 radical (unpaired) electrons. The standard InChI is InChI=1S/C17H25NO3/c1-3-4-5-7-12-15(17(20)21-2)13-18-16(19)14-10-8-6-9-11-14/h6,8-11,15H,3-5,7,12-13H2,1-2H3,(H,18,19)/t15-/m1/s1. The number of rotatable bonds is 9. The minimum Gasteiger partial charge on any atom is -0.469 e. The summed E-state index contributed by atoms with van der Waals surface area (Å²) in [6, 6.07) is 9.00. The highest BCUT2D eigenvalue weighted by molar-refractivity contribution is 5.94. The van der Waals surface area contributed by atoms with Gasteiger partial charge < -0.3 is 10.1 Å². The highest BCUT2D eigenvalue weighted by Gasteiger charge is 2.19. The molecule has 0 aliphatic rings. The molecule has 116 valence electrons. The van der Waals surface area contributed by atoms with Crippen molar-refractivity contribution in [1.82, 2.24) is 5.32 Å². The van der Waals surface area contributed by atoms with Crippen LogP contribution >= 0.6 is 0 Å². The Labute approximate surface area is 126 Å². The first-order chi connectivity index (χ1) is 10.2. The number of carbonyl (C=O) groups excluding carboxylic acids is 2. The van der Waals surface area contributed by atoms with Gasteiger partial charge in [-0.25, -0.2) is 0 Å². The molecule has 0 bridgehead atoms. The minimum atomic E-state index is -0.264. The quantitative estimate of drug-likeness (QED) is 0.561. The maximum atomic E-state index is 12.0. The lowest BCUT2D eigenvalue weighted by Gasteiger charge is -2.15. The second-order valence-electron chi connectivity index (χ2n) is 5.15. The molecule has 1 amide bonds. The number of benzene rings is 1. The molecule has 1 aromatic carbocycles. The first kappa shape index (κ1) is 17.2. The highest BCUT2D eigenvalue weighted by atomic mass is 16.5. The second kappa shape index (κ2) is 9.97. The summed E-state index contributed by atoms with van der Waals surface area (Å²) in [6.07, 6.45) is 5.17. The van der Waals surface area contributed by atoms with Crippen molar-refractivity contribution in [2.45, 2.75) is 39.0 Å². The summed E-state index contributed by atoms with van der Waals surface area (Å²) in [6.45, 7) is 2.48. The van der Waals surface area contributed by atoms with Gasteiger partial charge >= 0.3 is 5.97 Å². The van der Waals surface area contributed by atoms with E-state index >= 15 is 0 Å². The van der Waals surface area contributed by atoms with Gasteiger partial charge in [0.2, 0.25) is 0 Å². The van der Waals surface area contributed by atoms with Crippen LogP contribution in [0.2, 0.25) is 0 Å². The van der Waals surface area contributed by atoms with E-state index < -0.39 is 0 Å². The van der Waals surface area contributed by atoms with E-state index in [0.29, 0.717) is 12.1 Å². The number of unbranched alkanes of at least 4 members (excludes halogenated alkanes) is 3. The molecule has 0 aliphatic heterocycles. The van der Waals surface area contributed by atoms with E-state index in [-0.39, 0.29) is 17.8 Å². The smallest absolute Gasteiger partial charge is 0.310 e. The van der Waals surface area contributed by atoms with E-state index in [9.17, 15) is 9.59 Å². The molecule has 0 unspecified atom stereocenters. The van der Waals surface area contributed by atoms with Gasteiger partial charge in [0.05, 0.1) is 13.0 Å². The van der Waals surface area contributed by atoms with Crippen molar-refractivity contribution in [1.29, 1.82) is 0 Å². The first-order valence-corrected chi connectivity index (χ1v) is 7.60. The molecule has 1 N–H and O–H groups in total. The average Bonchev–Trinajstić information content (AvgIpc) is 2.54. The topological polar surface area (TPSA) is 55.4 Å². The maximum Gasteiger partial charge on any atom is 0.310 e. The zero-order chi connectivity index (χ0) is 15.5. The molecular formula is C17H25NO3. The number of hydrogen-bond donors (Lipinski definition) is 1. The van der Waals surface area contributed by atoms with E-state index in [2.05, 4.69) is 12.2 Å². The molecule has 0 fully saturated rings. The Bertz CT molecular complexity index is 431. The van der Waals surface area contributed by atoms with Crippen LogP contribution in [-0.2, 0) is 9.53 Å². The summed E-state index contributed by atoms with van der Waals surface area (Å²) in [5, 5.41) is 2.82. The molecule has 1 rings (SSSR count). The van der Waals surface area contributed by atoms with Crippen molar-refractivity contribution in [2.24, 2.45) is 5.92 Å².